The number of nitrogens with one attached hydrogen (secondary N) is 1. The zero-order chi connectivity index (χ0) is 13.6. The Morgan fingerprint density at radius 3 is 2.26 bits per heavy atom. The van der Waals surface area contributed by atoms with Crippen LogP contribution < -0.4 is 11.1 Å². The van der Waals surface area contributed by atoms with Crippen LogP contribution in [0.5, 0.6) is 0 Å². The lowest BCUT2D eigenvalue weighted by atomic mass is 9.92. The van der Waals surface area contributed by atoms with Crippen LogP contribution in [0.3, 0.4) is 0 Å². The highest BCUT2D eigenvalue weighted by Gasteiger charge is 2.27. The van der Waals surface area contributed by atoms with Gasteiger partial charge in [-0.25, -0.2) is 0 Å². The Bertz CT molecular complexity index is 395. The highest BCUT2D eigenvalue weighted by molar-refractivity contribution is 5.96. The van der Waals surface area contributed by atoms with Gasteiger partial charge in [0.25, 0.3) is 5.91 Å². The van der Waals surface area contributed by atoms with Crippen molar-refractivity contribution in [3.63, 3.8) is 0 Å². The Morgan fingerprint density at radius 2 is 1.79 bits per heavy atom. The maximum absolute atomic E-state index is 12.4. The van der Waals surface area contributed by atoms with Gasteiger partial charge in [-0.05, 0) is 30.9 Å². The number of hydrogen-bond donors (Lipinski definition) is 2. The topological polar surface area (TPSA) is 55.1 Å². The lowest BCUT2D eigenvalue weighted by Gasteiger charge is -2.31. The predicted octanol–water partition coefficient (Wildman–Crippen LogP) is 2.92. The normalized spacial score (nSPS) is 10.7. The van der Waals surface area contributed by atoms with E-state index in [1.165, 1.54) is 0 Å². The molecule has 4 heteroatoms. The molecule has 19 heavy (non-hydrogen) atoms. The Kier molecular flexibility index (Phi) is 7.72. The Balaban J connectivity index is 0.00000324. The van der Waals surface area contributed by atoms with Crippen molar-refractivity contribution in [1.29, 1.82) is 0 Å². The van der Waals surface area contributed by atoms with Gasteiger partial charge in [0.1, 0.15) is 0 Å². The molecule has 0 aliphatic rings. The summed E-state index contributed by atoms with van der Waals surface area (Å²) < 4.78 is 0. The highest BCUT2D eigenvalue weighted by atomic mass is 35.5. The fourth-order valence-corrected chi connectivity index (χ4v) is 2.12. The fourth-order valence-electron chi connectivity index (χ4n) is 2.12. The molecule has 3 nitrogen and oxygen atoms in total. The van der Waals surface area contributed by atoms with Gasteiger partial charge in [0.15, 0.2) is 0 Å². The lowest BCUT2D eigenvalue weighted by molar-refractivity contribution is 0.0894. The second-order valence-electron chi connectivity index (χ2n) is 4.66. The minimum Gasteiger partial charge on any atom is -0.345 e. The molecule has 0 bridgehead atoms. The quantitative estimate of drug-likeness (QED) is 0.844. The molecule has 1 aromatic rings. The number of rotatable bonds is 6. The second kappa shape index (κ2) is 8.18. The van der Waals surface area contributed by atoms with Crippen LogP contribution in [0.2, 0.25) is 0 Å². The van der Waals surface area contributed by atoms with E-state index in [4.69, 9.17) is 5.73 Å². The van der Waals surface area contributed by atoms with Gasteiger partial charge >= 0.3 is 0 Å². The fraction of sp³-hybridized carbons (Fsp3) is 0.533. The largest absolute Gasteiger partial charge is 0.345 e. The number of amides is 1. The van der Waals surface area contributed by atoms with E-state index in [9.17, 15) is 4.79 Å². The van der Waals surface area contributed by atoms with Crippen molar-refractivity contribution in [1.82, 2.24) is 5.32 Å². The average molecular weight is 285 g/mol. The minimum absolute atomic E-state index is 0. The van der Waals surface area contributed by atoms with Gasteiger partial charge in [0.2, 0.25) is 0 Å². The number of carbonyl (C=O) groups is 1. The first-order valence-electron chi connectivity index (χ1n) is 6.73. The van der Waals surface area contributed by atoms with Gasteiger partial charge in [-0.1, -0.05) is 39.0 Å². The molecule has 0 saturated heterocycles. The first-order valence-corrected chi connectivity index (χ1v) is 6.73. The molecule has 0 saturated carbocycles. The van der Waals surface area contributed by atoms with E-state index < -0.39 is 0 Å². The first-order chi connectivity index (χ1) is 8.62. The molecule has 0 aromatic heterocycles. The van der Waals surface area contributed by atoms with Gasteiger partial charge < -0.3 is 11.1 Å². The number of benzene rings is 1. The van der Waals surface area contributed by atoms with Crippen molar-refractivity contribution in [2.75, 3.05) is 6.54 Å². The van der Waals surface area contributed by atoms with Crippen LogP contribution in [-0.4, -0.2) is 18.0 Å². The third kappa shape index (κ3) is 4.22. The van der Waals surface area contributed by atoms with Crippen molar-refractivity contribution in [2.45, 2.75) is 45.6 Å². The summed E-state index contributed by atoms with van der Waals surface area (Å²) in [6.45, 7) is 6.65. The van der Waals surface area contributed by atoms with Crippen LogP contribution in [-0.2, 0) is 6.42 Å². The third-order valence-electron chi connectivity index (χ3n) is 3.77. The summed E-state index contributed by atoms with van der Waals surface area (Å²) in [6, 6.07) is 7.74. The molecule has 0 radical (unpaired) electrons. The number of carbonyl (C=O) groups excluding carboxylic acids is 1. The van der Waals surface area contributed by atoms with E-state index >= 15 is 0 Å². The molecule has 0 spiro atoms. The van der Waals surface area contributed by atoms with Crippen LogP contribution in [0.15, 0.2) is 24.3 Å². The van der Waals surface area contributed by atoms with E-state index in [1.54, 1.807) is 0 Å². The predicted molar refractivity (Wildman–Crippen MR) is 82.9 cm³/mol. The number of hydrogen-bond acceptors (Lipinski definition) is 2. The maximum Gasteiger partial charge on any atom is 0.252 e. The molecule has 0 unspecified atom stereocenters. The van der Waals surface area contributed by atoms with Crippen molar-refractivity contribution >= 4 is 18.3 Å². The molecule has 1 amide bonds. The second-order valence-corrected chi connectivity index (χ2v) is 4.66. The van der Waals surface area contributed by atoms with Crippen LogP contribution in [0.1, 0.15) is 49.5 Å². The van der Waals surface area contributed by atoms with Crippen molar-refractivity contribution in [3.05, 3.63) is 35.4 Å². The zero-order valence-electron chi connectivity index (χ0n) is 12.0. The van der Waals surface area contributed by atoms with E-state index in [2.05, 4.69) is 26.1 Å². The third-order valence-corrected chi connectivity index (χ3v) is 3.77. The van der Waals surface area contributed by atoms with Gasteiger partial charge in [0, 0.05) is 12.1 Å². The molecule has 1 rings (SSSR count). The number of nitrogens with two attached hydrogens (primary N) is 1. The Morgan fingerprint density at radius 1 is 1.21 bits per heavy atom. The Hall–Kier alpha value is -1.06. The zero-order valence-corrected chi connectivity index (χ0v) is 12.8. The van der Waals surface area contributed by atoms with Gasteiger partial charge in [-0.2, -0.15) is 0 Å². The van der Waals surface area contributed by atoms with E-state index in [-0.39, 0.29) is 23.9 Å². The molecule has 0 atom stereocenters. The first kappa shape index (κ1) is 17.9. The molecular formula is C15H25ClN2O. The van der Waals surface area contributed by atoms with Gasteiger partial charge in [-0.3, -0.25) is 4.79 Å². The standard InChI is InChI=1S/C15H24N2O.ClH/c1-4-12-9-7-8-10-13(12)14(18)17-15(5-2,6-3)11-16;/h7-10H,4-6,11,16H2,1-3H3,(H,17,18);1H. The number of halogens is 1. The summed E-state index contributed by atoms with van der Waals surface area (Å²) >= 11 is 0. The molecule has 0 fully saturated rings. The summed E-state index contributed by atoms with van der Waals surface area (Å²) in [7, 11) is 0. The molecular weight excluding hydrogens is 260 g/mol. The van der Waals surface area contributed by atoms with Crippen molar-refractivity contribution in [3.8, 4) is 0 Å². The summed E-state index contributed by atoms with van der Waals surface area (Å²) in [5.41, 5.74) is 7.37. The molecule has 0 aliphatic heterocycles. The van der Waals surface area contributed by atoms with Crippen LogP contribution in [0.25, 0.3) is 0 Å². The van der Waals surface area contributed by atoms with Crippen molar-refractivity contribution in [2.24, 2.45) is 5.73 Å². The summed E-state index contributed by atoms with van der Waals surface area (Å²) in [5.74, 6) is -0.0124. The summed E-state index contributed by atoms with van der Waals surface area (Å²) in [6.07, 6.45) is 2.55. The van der Waals surface area contributed by atoms with E-state index in [0.717, 1.165) is 30.4 Å². The minimum atomic E-state index is -0.280. The molecule has 108 valence electrons. The van der Waals surface area contributed by atoms with E-state index in [1.807, 2.05) is 24.3 Å². The van der Waals surface area contributed by atoms with Gasteiger partial charge in [0.05, 0.1) is 5.54 Å². The monoisotopic (exact) mass is 284 g/mol. The maximum atomic E-state index is 12.4. The SMILES string of the molecule is CCc1ccccc1C(=O)NC(CC)(CC)CN.Cl. The molecule has 0 heterocycles. The van der Waals surface area contributed by atoms with Gasteiger partial charge in [-0.15, -0.1) is 12.4 Å². The summed E-state index contributed by atoms with van der Waals surface area (Å²) in [5, 5.41) is 3.11. The molecule has 1 aromatic carbocycles. The van der Waals surface area contributed by atoms with Crippen LogP contribution in [0, 0.1) is 0 Å². The summed E-state index contributed by atoms with van der Waals surface area (Å²) in [4.78, 5) is 12.4. The smallest absolute Gasteiger partial charge is 0.252 e. The lowest BCUT2D eigenvalue weighted by Crippen LogP contribution is -2.53. The highest BCUT2D eigenvalue weighted by Crippen LogP contribution is 2.16. The van der Waals surface area contributed by atoms with Crippen LogP contribution in [0.4, 0.5) is 0 Å². The van der Waals surface area contributed by atoms with Crippen LogP contribution >= 0.6 is 12.4 Å². The number of aryl methyl sites for hydroxylation is 1. The van der Waals surface area contributed by atoms with E-state index in [0.29, 0.717) is 6.54 Å². The van der Waals surface area contributed by atoms with Crippen molar-refractivity contribution < 1.29 is 4.79 Å². The Labute approximate surface area is 122 Å². The molecule has 3 N–H and O–H groups in total. The average Bonchev–Trinajstić information content (AvgIpc) is 2.44. The molecule has 0 aliphatic carbocycles.